The van der Waals surface area contributed by atoms with E-state index < -0.39 is 8.07 Å². The van der Waals surface area contributed by atoms with Crippen molar-refractivity contribution in [1.82, 2.24) is 0 Å². The smallest absolute Gasteiger partial charge is 0.172 e. The molecule has 3 aromatic rings. The summed E-state index contributed by atoms with van der Waals surface area (Å²) in [7, 11) is -2.28. The molecule has 1 unspecified atom stereocenters. The van der Waals surface area contributed by atoms with Gasteiger partial charge in [-0.05, 0) is 28.9 Å². The molecule has 0 aliphatic rings. The van der Waals surface area contributed by atoms with Gasteiger partial charge < -0.3 is 5.11 Å². The lowest BCUT2D eigenvalue weighted by Gasteiger charge is -2.30. The van der Waals surface area contributed by atoms with E-state index in [1.54, 1.807) is 0 Å². The van der Waals surface area contributed by atoms with Crippen LogP contribution in [0.15, 0.2) is 103 Å². The van der Waals surface area contributed by atoms with Gasteiger partial charge in [0.2, 0.25) is 0 Å². The summed E-state index contributed by atoms with van der Waals surface area (Å²) >= 11 is 0. The summed E-state index contributed by atoms with van der Waals surface area (Å²) in [5.41, 5.74) is 2.37. The van der Waals surface area contributed by atoms with Crippen molar-refractivity contribution in [3.8, 4) is 0 Å². The molecular weight excluding hydrogens is 320 g/mol. The van der Waals surface area contributed by atoms with Gasteiger partial charge in [0, 0.05) is 0 Å². The average Bonchev–Trinajstić information content (AvgIpc) is 2.67. The van der Waals surface area contributed by atoms with Gasteiger partial charge in [0.05, 0.1) is 6.10 Å². The van der Waals surface area contributed by atoms with Crippen LogP contribution in [0.5, 0.6) is 0 Å². The van der Waals surface area contributed by atoms with Crippen LogP contribution in [0, 0.1) is 0 Å². The van der Waals surface area contributed by atoms with Gasteiger partial charge in [-0.25, -0.2) is 0 Å². The number of aliphatic hydroxyl groups excluding tert-OH is 1. The van der Waals surface area contributed by atoms with E-state index in [1.807, 2.05) is 6.92 Å². The molecule has 0 saturated heterocycles. The van der Waals surface area contributed by atoms with Crippen LogP contribution < -0.4 is 15.6 Å². The van der Waals surface area contributed by atoms with Crippen LogP contribution in [-0.4, -0.2) is 19.3 Å². The minimum Gasteiger partial charge on any atom is -0.393 e. The lowest BCUT2D eigenvalue weighted by Crippen LogP contribution is -2.66. The van der Waals surface area contributed by atoms with Crippen molar-refractivity contribution >= 4 is 23.6 Å². The Bertz CT molecular complexity index is 699. The van der Waals surface area contributed by atoms with Gasteiger partial charge in [-0.1, -0.05) is 103 Å². The number of benzene rings is 3. The third kappa shape index (κ3) is 3.81. The van der Waals surface area contributed by atoms with Gasteiger partial charge in [0.1, 0.15) is 0 Å². The highest BCUT2D eigenvalue weighted by Crippen LogP contribution is 2.10. The lowest BCUT2D eigenvalue weighted by atomic mass is 10.3. The standard InChI is InChI=1S/C23H24OSi/c1-20(24)12-11-19-25(21-13-5-2-6-14-21,22-15-7-3-8-16-22)23-17-9-4-10-18-23/h2-11,13-20,24H,12H2,1H3/b19-11-. The van der Waals surface area contributed by atoms with Gasteiger partial charge >= 0.3 is 0 Å². The highest BCUT2D eigenvalue weighted by molar-refractivity contribution is 7.14. The molecule has 3 aromatic carbocycles. The van der Waals surface area contributed by atoms with Crippen LogP contribution >= 0.6 is 0 Å². The summed E-state index contributed by atoms with van der Waals surface area (Å²) in [5, 5.41) is 13.8. The van der Waals surface area contributed by atoms with Crippen molar-refractivity contribution in [2.45, 2.75) is 19.4 Å². The van der Waals surface area contributed by atoms with Gasteiger partial charge in [0.15, 0.2) is 8.07 Å². The van der Waals surface area contributed by atoms with Crippen molar-refractivity contribution in [2.75, 3.05) is 0 Å². The number of aliphatic hydroxyl groups is 1. The summed E-state index contributed by atoms with van der Waals surface area (Å²) < 4.78 is 0. The molecule has 126 valence electrons. The molecule has 3 rings (SSSR count). The fraction of sp³-hybridized carbons (Fsp3) is 0.130. The molecule has 25 heavy (non-hydrogen) atoms. The van der Waals surface area contributed by atoms with E-state index in [-0.39, 0.29) is 6.10 Å². The number of hydrogen-bond acceptors (Lipinski definition) is 1. The molecular formula is C23H24OSi. The quantitative estimate of drug-likeness (QED) is 0.538. The van der Waals surface area contributed by atoms with E-state index in [2.05, 4.69) is 103 Å². The lowest BCUT2D eigenvalue weighted by molar-refractivity contribution is 0.198. The molecule has 0 amide bonds. The molecule has 1 atom stereocenters. The molecule has 0 fully saturated rings. The fourth-order valence-electron chi connectivity index (χ4n) is 3.33. The number of rotatable bonds is 6. The Morgan fingerprint density at radius 2 is 1.08 bits per heavy atom. The van der Waals surface area contributed by atoms with Gasteiger partial charge in [-0.15, -0.1) is 0 Å². The normalized spacial score (nSPS) is 13.0. The van der Waals surface area contributed by atoms with Crippen LogP contribution in [0.25, 0.3) is 0 Å². The SMILES string of the molecule is CC(O)C/C=C\[Si](c1ccccc1)(c1ccccc1)c1ccccc1. The summed E-state index contributed by atoms with van der Waals surface area (Å²) in [6.45, 7) is 1.83. The average molecular weight is 345 g/mol. The molecule has 0 spiro atoms. The summed E-state index contributed by atoms with van der Waals surface area (Å²) in [6, 6.07) is 32.3. The van der Waals surface area contributed by atoms with E-state index in [4.69, 9.17) is 0 Å². The maximum atomic E-state index is 9.73. The molecule has 0 saturated carbocycles. The monoisotopic (exact) mass is 344 g/mol. The molecule has 2 heteroatoms. The first kappa shape index (κ1) is 17.4. The maximum absolute atomic E-state index is 9.73. The van der Waals surface area contributed by atoms with Gasteiger partial charge in [-0.3, -0.25) is 0 Å². The van der Waals surface area contributed by atoms with Crippen molar-refractivity contribution in [3.63, 3.8) is 0 Å². The molecule has 1 nitrogen and oxygen atoms in total. The highest BCUT2D eigenvalue weighted by atomic mass is 28.3. The Morgan fingerprint density at radius 1 is 0.720 bits per heavy atom. The van der Waals surface area contributed by atoms with Crippen molar-refractivity contribution in [3.05, 3.63) is 103 Å². The molecule has 1 N–H and O–H groups in total. The van der Waals surface area contributed by atoms with E-state index in [0.717, 1.165) is 0 Å². The Labute approximate surface area is 151 Å². The van der Waals surface area contributed by atoms with Crippen LogP contribution in [0.3, 0.4) is 0 Å². The van der Waals surface area contributed by atoms with Crippen LogP contribution in [0.2, 0.25) is 0 Å². The summed E-state index contributed by atoms with van der Waals surface area (Å²) in [4.78, 5) is 0. The maximum Gasteiger partial charge on any atom is 0.172 e. The van der Waals surface area contributed by atoms with Crippen LogP contribution in [0.4, 0.5) is 0 Å². The number of hydrogen-bond donors (Lipinski definition) is 1. The van der Waals surface area contributed by atoms with Crippen molar-refractivity contribution in [2.24, 2.45) is 0 Å². The Balaban J connectivity index is 2.26. The van der Waals surface area contributed by atoms with E-state index >= 15 is 0 Å². The summed E-state index contributed by atoms with van der Waals surface area (Å²) in [5.74, 6) is 0. The van der Waals surface area contributed by atoms with Crippen molar-refractivity contribution < 1.29 is 5.11 Å². The third-order valence-electron chi connectivity index (χ3n) is 4.53. The molecule has 0 aliphatic heterocycles. The summed E-state index contributed by atoms with van der Waals surface area (Å²) in [6.07, 6.45) is 2.50. The Kier molecular flexibility index (Phi) is 5.64. The third-order valence-corrected chi connectivity index (χ3v) is 9.00. The van der Waals surface area contributed by atoms with E-state index in [9.17, 15) is 5.11 Å². The fourth-order valence-corrected chi connectivity index (χ4v) is 7.56. The first-order valence-corrected chi connectivity index (χ1v) is 10.8. The zero-order valence-corrected chi connectivity index (χ0v) is 15.5. The first-order chi connectivity index (χ1) is 12.2. The molecule has 0 bridgehead atoms. The second kappa shape index (κ2) is 8.10. The van der Waals surface area contributed by atoms with Crippen LogP contribution in [0.1, 0.15) is 13.3 Å². The minimum atomic E-state index is -2.28. The molecule has 0 aromatic heterocycles. The zero-order chi connectivity index (χ0) is 17.5. The van der Waals surface area contributed by atoms with Gasteiger partial charge in [0.25, 0.3) is 0 Å². The highest BCUT2D eigenvalue weighted by Gasteiger charge is 2.36. The molecule has 0 radical (unpaired) electrons. The minimum absolute atomic E-state index is 0.328. The Morgan fingerprint density at radius 3 is 1.40 bits per heavy atom. The van der Waals surface area contributed by atoms with Gasteiger partial charge in [-0.2, -0.15) is 0 Å². The molecule has 0 aliphatic carbocycles. The topological polar surface area (TPSA) is 20.2 Å². The molecule has 0 heterocycles. The Hall–Kier alpha value is -2.42. The second-order valence-corrected chi connectivity index (χ2v) is 10.1. The first-order valence-electron chi connectivity index (χ1n) is 8.76. The van der Waals surface area contributed by atoms with E-state index in [0.29, 0.717) is 6.42 Å². The predicted octanol–water partition coefficient (Wildman–Crippen LogP) is 3.02. The largest absolute Gasteiger partial charge is 0.393 e. The second-order valence-electron chi connectivity index (χ2n) is 6.39. The zero-order valence-electron chi connectivity index (χ0n) is 14.5. The van der Waals surface area contributed by atoms with E-state index in [1.165, 1.54) is 15.6 Å². The van der Waals surface area contributed by atoms with Crippen molar-refractivity contribution in [1.29, 1.82) is 0 Å². The van der Waals surface area contributed by atoms with Crippen LogP contribution in [-0.2, 0) is 0 Å². The predicted molar refractivity (Wildman–Crippen MR) is 109 cm³/mol.